The molecule has 0 saturated carbocycles. The highest BCUT2D eigenvalue weighted by atomic mass is 16.3. The highest BCUT2D eigenvalue weighted by Gasteiger charge is 2.49. The van der Waals surface area contributed by atoms with Crippen molar-refractivity contribution in [3.63, 3.8) is 0 Å². The molecule has 0 unspecified atom stereocenters. The van der Waals surface area contributed by atoms with Crippen LogP contribution in [0.15, 0.2) is 67.1 Å². The molecule has 2 saturated heterocycles. The van der Waals surface area contributed by atoms with Crippen molar-refractivity contribution in [3.05, 3.63) is 89.5 Å². The van der Waals surface area contributed by atoms with Crippen LogP contribution in [0, 0.1) is 25.7 Å². The summed E-state index contributed by atoms with van der Waals surface area (Å²) in [7, 11) is 0. The van der Waals surface area contributed by atoms with Crippen molar-refractivity contribution in [2.45, 2.75) is 19.9 Å². The van der Waals surface area contributed by atoms with Crippen molar-refractivity contribution < 1.29 is 14.7 Å². The first-order valence-electron chi connectivity index (χ1n) is 11.1. The molecule has 3 aromatic rings. The summed E-state index contributed by atoms with van der Waals surface area (Å²) in [5, 5.41) is 6.89. The van der Waals surface area contributed by atoms with Gasteiger partial charge in [0.15, 0.2) is 0 Å². The lowest BCUT2D eigenvalue weighted by molar-refractivity contribution is -0.122. The second-order valence-electron chi connectivity index (χ2n) is 8.58. The Balaban J connectivity index is 0.000000821. The third-order valence-electron chi connectivity index (χ3n) is 6.60. The van der Waals surface area contributed by atoms with E-state index in [9.17, 15) is 4.79 Å². The molecule has 7 heteroatoms. The van der Waals surface area contributed by atoms with Crippen molar-refractivity contribution in [2.75, 3.05) is 24.5 Å². The van der Waals surface area contributed by atoms with Gasteiger partial charge in [-0.3, -0.25) is 19.6 Å². The Morgan fingerprint density at radius 2 is 1.76 bits per heavy atom. The number of carbonyl (C=O) groups excluding carboxylic acids is 1. The van der Waals surface area contributed by atoms with Gasteiger partial charge in [-0.25, -0.2) is 0 Å². The van der Waals surface area contributed by atoms with E-state index < -0.39 is 0 Å². The van der Waals surface area contributed by atoms with Crippen LogP contribution in [-0.4, -0.2) is 52.0 Å². The summed E-state index contributed by atoms with van der Waals surface area (Å²) in [6, 6.07) is 16.5. The highest BCUT2D eigenvalue weighted by Crippen LogP contribution is 2.47. The molecule has 1 aromatic carbocycles. The average Bonchev–Trinajstić information content (AvgIpc) is 3.39. The number of fused-ring (bicyclic) bond motifs is 1. The predicted octanol–water partition coefficient (Wildman–Crippen LogP) is 3.74. The number of likely N-dealkylation sites (tertiary alicyclic amines) is 1. The van der Waals surface area contributed by atoms with E-state index in [4.69, 9.17) is 9.90 Å². The standard InChI is InChI=1S/C25H26N4O.CH2O2/c1-17-5-3-4-6-22(17)24-23-16-28(21-9-12-27-18(2)13-21)14-20(23)15-29(24)25(30)19-7-10-26-11-8-19;2-1-3/h3-13,20,23-24H,14-16H2,1-2H3;1H,(H,2,3)/t20-,23-,24-;/m0./s1. The lowest BCUT2D eigenvalue weighted by atomic mass is 9.87. The molecule has 33 heavy (non-hydrogen) atoms. The lowest BCUT2D eigenvalue weighted by Gasteiger charge is -2.31. The van der Waals surface area contributed by atoms with Gasteiger partial charge < -0.3 is 14.9 Å². The maximum Gasteiger partial charge on any atom is 0.290 e. The topological polar surface area (TPSA) is 86.6 Å². The minimum Gasteiger partial charge on any atom is -0.483 e. The van der Waals surface area contributed by atoms with Crippen LogP contribution in [0.3, 0.4) is 0 Å². The van der Waals surface area contributed by atoms with Crippen LogP contribution < -0.4 is 4.90 Å². The first kappa shape index (κ1) is 22.5. The largest absolute Gasteiger partial charge is 0.483 e. The molecule has 170 valence electrons. The second kappa shape index (κ2) is 9.81. The number of hydrogen-bond donors (Lipinski definition) is 1. The van der Waals surface area contributed by atoms with Gasteiger partial charge in [-0.2, -0.15) is 0 Å². The number of carboxylic acid groups (broad SMARTS) is 1. The van der Waals surface area contributed by atoms with Crippen LogP contribution >= 0.6 is 0 Å². The van der Waals surface area contributed by atoms with Gasteiger partial charge in [0.1, 0.15) is 0 Å². The van der Waals surface area contributed by atoms with E-state index in [0.717, 1.165) is 25.3 Å². The second-order valence-corrected chi connectivity index (χ2v) is 8.58. The first-order valence-corrected chi connectivity index (χ1v) is 11.1. The van der Waals surface area contributed by atoms with Crippen LogP contribution in [0.1, 0.15) is 33.2 Å². The minimum atomic E-state index is -0.250. The molecule has 1 N–H and O–H groups in total. The van der Waals surface area contributed by atoms with E-state index in [1.54, 1.807) is 12.4 Å². The molecule has 7 nitrogen and oxygen atoms in total. The lowest BCUT2D eigenvalue weighted by Crippen LogP contribution is -2.36. The Morgan fingerprint density at radius 1 is 1.03 bits per heavy atom. The fraction of sp³-hybridized carbons (Fsp3) is 0.308. The summed E-state index contributed by atoms with van der Waals surface area (Å²) < 4.78 is 0. The predicted molar refractivity (Wildman–Crippen MR) is 126 cm³/mol. The number of carbonyl (C=O) groups is 2. The molecule has 4 heterocycles. The Morgan fingerprint density at radius 3 is 2.45 bits per heavy atom. The highest BCUT2D eigenvalue weighted by molar-refractivity contribution is 5.94. The summed E-state index contributed by atoms with van der Waals surface area (Å²) in [5.41, 5.74) is 5.49. The van der Waals surface area contributed by atoms with Crippen molar-refractivity contribution in [2.24, 2.45) is 11.8 Å². The Hall–Kier alpha value is -3.74. The molecule has 3 atom stereocenters. The Kier molecular flexibility index (Phi) is 6.68. The van der Waals surface area contributed by atoms with E-state index >= 15 is 0 Å². The number of amides is 1. The third kappa shape index (κ3) is 4.58. The number of pyridine rings is 2. The summed E-state index contributed by atoms with van der Waals surface area (Å²) in [4.78, 5) is 34.8. The summed E-state index contributed by atoms with van der Waals surface area (Å²) in [6.45, 7) is 6.64. The number of rotatable bonds is 3. The van der Waals surface area contributed by atoms with Crippen LogP contribution in [0.25, 0.3) is 0 Å². The molecule has 2 aromatic heterocycles. The molecule has 2 aliphatic rings. The van der Waals surface area contributed by atoms with Crippen molar-refractivity contribution in [1.29, 1.82) is 0 Å². The zero-order valence-corrected chi connectivity index (χ0v) is 18.8. The third-order valence-corrected chi connectivity index (χ3v) is 6.60. The van der Waals surface area contributed by atoms with E-state index in [0.29, 0.717) is 17.4 Å². The van der Waals surface area contributed by atoms with Crippen molar-refractivity contribution in [3.8, 4) is 0 Å². The summed E-state index contributed by atoms with van der Waals surface area (Å²) >= 11 is 0. The Bertz CT molecular complexity index is 1120. The van der Waals surface area contributed by atoms with Gasteiger partial charge in [-0.15, -0.1) is 0 Å². The molecule has 5 rings (SSSR count). The van der Waals surface area contributed by atoms with E-state index in [-0.39, 0.29) is 18.4 Å². The van der Waals surface area contributed by atoms with Crippen LogP contribution in [0.4, 0.5) is 5.69 Å². The number of anilines is 1. The first-order chi connectivity index (χ1) is 16.0. The van der Waals surface area contributed by atoms with Crippen molar-refractivity contribution in [1.82, 2.24) is 14.9 Å². The minimum absolute atomic E-state index is 0.0878. The molecule has 2 aliphatic heterocycles. The van der Waals surface area contributed by atoms with Gasteiger partial charge in [-0.05, 0) is 49.2 Å². The van der Waals surface area contributed by atoms with Crippen LogP contribution in [0.2, 0.25) is 0 Å². The molecule has 0 bridgehead atoms. The molecular weight excluding hydrogens is 416 g/mol. The van der Waals surface area contributed by atoms with E-state index in [2.05, 4.69) is 63.1 Å². The molecule has 0 radical (unpaired) electrons. The monoisotopic (exact) mass is 444 g/mol. The molecule has 2 fully saturated rings. The van der Waals surface area contributed by atoms with E-state index in [1.807, 2.05) is 25.3 Å². The molecule has 1 amide bonds. The van der Waals surface area contributed by atoms with Crippen molar-refractivity contribution >= 4 is 18.1 Å². The van der Waals surface area contributed by atoms with Gasteiger partial charge in [0.05, 0.1) is 6.04 Å². The number of benzene rings is 1. The van der Waals surface area contributed by atoms with Gasteiger partial charge in [0, 0.05) is 67.0 Å². The van der Waals surface area contributed by atoms with Gasteiger partial charge in [0.25, 0.3) is 12.4 Å². The normalized spacial score (nSPS) is 21.2. The summed E-state index contributed by atoms with van der Waals surface area (Å²) in [5.74, 6) is 0.964. The smallest absolute Gasteiger partial charge is 0.290 e. The van der Waals surface area contributed by atoms with Gasteiger partial charge in [0.2, 0.25) is 0 Å². The zero-order valence-electron chi connectivity index (χ0n) is 18.8. The van der Waals surface area contributed by atoms with Gasteiger partial charge >= 0.3 is 0 Å². The van der Waals surface area contributed by atoms with E-state index in [1.165, 1.54) is 16.8 Å². The molecule has 0 aliphatic carbocycles. The molecule has 0 spiro atoms. The fourth-order valence-electron chi connectivity index (χ4n) is 5.17. The SMILES string of the molecule is Cc1cc(N2C[C@H]3CN(C(=O)c4ccncc4)[C@@H](c4ccccc4C)[C@H]3C2)ccn1.O=CO. The van der Waals surface area contributed by atoms with Crippen LogP contribution in [0.5, 0.6) is 0 Å². The maximum absolute atomic E-state index is 13.4. The number of aromatic nitrogens is 2. The maximum atomic E-state index is 13.4. The van der Waals surface area contributed by atoms with Crippen LogP contribution in [-0.2, 0) is 4.79 Å². The zero-order chi connectivity index (χ0) is 23.4. The quantitative estimate of drug-likeness (QED) is 0.620. The number of hydrogen-bond acceptors (Lipinski definition) is 5. The average molecular weight is 445 g/mol. The van der Waals surface area contributed by atoms with Gasteiger partial charge in [-0.1, -0.05) is 24.3 Å². The summed E-state index contributed by atoms with van der Waals surface area (Å²) in [6.07, 6.45) is 5.28. The molecular formula is C26H28N4O3. The Labute approximate surface area is 193 Å². The fourth-order valence-corrected chi connectivity index (χ4v) is 5.17. The number of aryl methyl sites for hydroxylation is 2. The number of nitrogens with zero attached hydrogens (tertiary/aromatic N) is 4.